The highest BCUT2D eigenvalue weighted by atomic mass is 16.3. The zero-order valence-corrected chi connectivity index (χ0v) is 14.3. The molecule has 2 amide bonds. The van der Waals surface area contributed by atoms with Crippen molar-refractivity contribution < 1.29 is 14.7 Å². The van der Waals surface area contributed by atoms with Crippen LogP contribution in [-0.2, 0) is 15.0 Å². The minimum absolute atomic E-state index is 0.0496. The number of hydrogen-bond donors (Lipinski definition) is 2. The average Bonchev–Trinajstić information content (AvgIpc) is 2.95. The summed E-state index contributed by atoms with van der Waals surface area (Å²) in [7, 11) is 0. The zero-order chi connectivity index (χ0) is 17.2. The Morgan fingerprint density at radius 2 is 1.96 bits per heavy atom. The molecule has 1 aliphatic rings. The molecule has 0 bridgehead atoms. The lowest BCUT2D eigenvalue weighted by Gasteiger charge is -2.23. The van der Waals surface area contributed by atoms with Crippen molar-refractivity contribution in [2.45, 2.75) is 45.6 Å². The summed E-state index contributed by atoms with van der Waals surface area (Å²) < 4.78 is 0. The topological polar surface area (TPSA) is 69.6 Å². The molecule has 2 unspecified atom stereocenters. The van der Waals surface area contributed by atoms with Crippen LogP contribution in [0.1, 0.15) is 39.7 Å². The van der Waals surface area contributed by atoms with E-state index >= 15 is 0 Å². The molecule has 2 atom stereocenters. The number of benzene rings is 1. The van der Waals surface area contributed by atoms with E-state index in [4.69, 9.17) is 0 Å². The lowest BCUT2D eigenvalue weighted by molar-refractivity contribution is -0.142. The number of aliphatic hydroxyl groups excluding tert-OH is 1. The van der Waals surface area contributed by atoms with Gasteiger partial charge in [-0.05, 0) is 30.4 Å². The summed E-state index contributed by atoms with van der Waals surface area (Å²) in [4.78, 5) is 26.1. The quantitative estimate of drug-likeness (QED) is 0.821. The number of carbonyl (C=O) groups excluding carboxylic acids is 2. The van der Waals surface area contributed by atoms with Gasteiger partial charge in [0.1, 0.15) is 0 Å². The predicted octanol–water partition coefficient (Wildman–Crippen LogP) is 2.15. The second-order valence-corrected chi connectivity index (χ2v) is 7.29. The second-order valence-electron chi connectivity index (χ2n) is 7.29. The molecule has 0 saturated carbocycles. The van der Waals surface area contributed by atoms with Crippen LogP contribution in [0.3, 0.4) is 0 Å². The monoisotopic (exact) mass is 318 g/mol. The molecule has 1 aliphatic heterocycles. The van der Waals surface area contributed by atoms with Crippen molar-refractivity contribution in [1.29, 1.82) is 0 Å². The Kier molecular flexibility index (Phi) is 5.09. The number of rotatable bonds is 2. The molecule has 1 fully saturated rings. The third kappa shape index (κ3) is 4.10. The van der Waals surface area contributed by atoms with E-state index < -0.39 is 17.9 Å². The van der Waals surface area contributed by atoms with Crippen LogP contribution >= 0.6 is 0 Å². The molecule has 0 aromatic heterocycles. The number of nitrogens with one attached hydrogen (secondary N) is 1. The lowest BCUT2D eigenvalue weighted by Crippen LogP contribution is -2.39. The molecule has 2 N–H and O–H groups in total. The fourth-order valence-corrected chi connectivity index (χ4v) is 2.93. The number of aliphatic hydroxyl groups is 1. The van der Waals surface area contributed by atoms with E-state index in [2.05, 4.69) is 26.1 Å². The zero-order valence-electron chi connectivity index (χ0n) is 14.3. The van der Waals surface area contributed by atoms with Crippen LogP contribution in [0.5, 0.6) is 0 Å². The van der Waals surface area contributed by atoms with Gasteiger partial charge in [-0.25, -0.2) is 0 Å². The van der Waals surface area contributed by atoms with Gasteiger partial charge in [0.2, 0.25) is 0 Å². The summed E-state index contributed by atoms with van der Waals surface area (Å²) in [5.41, 5.74) is 1.53. The van der Waals surface area contributed by atoms with E-state index in [9.17, 15) is 14.7 Å². The number of amides is 2. The molecule has 1 heterocycles. The largest absolute Gasteiger partial charge is 0.393 e. The molecule has 1 aromatic carbocycles. The molecule has 5 nitrogen and oxygen atoms in total. The molecular weight excluding hydrogens is 292 g/mol. The molecule has 0 radical (unpaired) electrons. The fraction of sp³-hybridized carbons (Fsp3) is 0.556. The summed E-state index contributed by atoms with van der Waals surface area (Å²) in [6.07, 6.45) is 0.271. The normalized spacial score (nSPS) is 19.5. The van der Waals surface area contributed by atoms with Crippen LogP contribution in [0.2, 0.25) is 0 Å². The summed E-state index contributed by atoms with van der Waals surface area (Å²) >= 11 is 0. The van der Waals surface area contributed by atoms with Crippen LogP contribution in [0.4, 0.5) is 5.69 Å². The summed E-state index contributed by atoms with van der Waals surface area (Å²) in [6, 6.07) is 7.54. The van der Waals surface area contributed by atoms with Crippen LogP contribution in [0.25, 0.3) is 0 Å². The fourth-order valence-electron chi connectivity index (χ4n) is 2.93. The Morgan fingerprint density at radius 3 is 2.52 bits per heavy atom. The van der Waals surface area contributed by atoms with E-state index in [0.29, 0.717) is 18.8 Å². The van der Waals surface area contributed by atoms with E-state index in [-0.39, 0.29) is 11.3 Å². The third-order valence-electron chi connectivity index (χ3n) is 4.37. The Balaban J connectivity index is 2.07. The number of carbonyl (C=O) groups is 2. The molecule has 1 saturated heterocycles. The maximum Gasteiger partial charge on any atom is 0.313 e. The van der Waals surface area contributed by atoms with Crippen molar-refractivity contribution in [1.82, 2.24) is 4.90 Å². The van der Waals surface area contributed by atoms with Crippen LogP contribution in [-0.4, -0.2) is 41.0 Å². The number of likely N-dealkylation sites (tertiary alicyclic amines) is 1. The Bertz CT molecular complexity index is 590. The highest BCUT2D eigenvalue weighted by molar-refractivity contribution is 6.39. The molecule has 0 aliphatic carbocycles. The highest BCUT2D eigenvalue weighted by Gasteiger charge is 2.32. The molecule has 5 heteroatoms. The van der Waals surface area contributed by atoms with Crippen molar-refractivity contribution in [2.75, 3.05) is 18.4 Å². The van der Waals surface area contributed by atoms with Gasteiger partial charge in [-0.15, -0.1) is 0 Å². The van der Waals surface area contributed by atoms with Gasteiger partial charge in [0.25, 0.3) is 0 Å². The number of hydrogen-bond acceptors (Lipinski definition) is 3. The third-order valence-corrected chi connectivity index (χ3v) is 4.37. The van der Waals surface area contributed by atoms with Gasteiger partial charge in [-0.3, -0.25) is 9.59 Å². The minimum atomic E-state index is -0.618. The summed E-state index contributed by atoms with van der Waals surface area (Å²) in [5.74, 6) is -1.10. The first-order chi connectivity index (χ1) is 10.7. The molecule has 1 aromatic rings. The van der Waals surface area contributed by atoms with E-state index in [1.807, 2.05) is 24.3 Å². The summed E-state index contributed by atoms with van der Waals surface area (Å²) in [6.45, 7) is 8.86. The van der Waals surface area contributed by atoms with E-state index in [1.54, 1.807) is 6.92 Å². The predicted molar refractivity (Wildman–Crippen MR) is 90.1 cm³/mol. The number of para-hydroxylation sites is 1. The maximum atomic E-state index is 12.3. The van der Waals surface area contributed by atoms with Gasteiger partial charge >= 0.3 is 11.8 Å². The molecule has 0 spiro atoms. The molecule has 126 valence electrons. The smallest absolute Gasteiger partial charge is 0.313 e. The molecular formula is C18H26N2O3. The average molecular weight is 318 g/mol. The van der Waals surface area contributed by atoms with Crippen molar-refractivity contribution in [3.8, 4) is 0 Å². The second kappa shape index (κ2) is 6.71. The van der Waals surface area contributed by atoms with Crippen molar-refractivity contribution in [2.24, 2.45) is 5.92 Å². The van der Waals surface area contributed by atoms with E-state index in [0.717, 1.165) is 12.0 Å². The maximum absolute atomic E-state index is 12.3. The molecule has 23 heavy (non-hydrogen) atoms. The first kappa shape index (κ1) is 17.5. The van der Waals surface area contributed by atoms with E-state index in [1.165, 1.54) is 4.90 Å². The first-order valence-corrected chi connectivity index (χ1v) is 8.08. The SMILES string of the molecule is CC(O)C1CCN(C(=O)C(=O)Nc2ccccc2C(C)(C)C)C1. The Labute approximate surface area is 137 Å². The minimum Gasteiger partial charge on any atom is -0.393 e. The van der Waals surface area contributed by atoms with Crippen molar-refractivity contribution in [3.05, 3.63) is 29.8 Å². The summed E-state index contributed by atoms with van der Waals surface area (Å²) in [5, 5.41) is 12.4. The van der Waals surface area contributed by atoms with Gasteiger partial charge in [-0.2, -0.15) is 0 Å². The van der Waals surface area contributed by atoms with Crippen LogP contribution < -0.4 is 5.32 Å². The lowest BCUT2D eigenvalue weighted by atomic mass is 9.86. The van der Waals surface area contributed by atoms with Crippen LogP contribution in [0.15, 0.2) is 24.3 Å². The Morgan fingerprint density at radius 1 is 1.30 bits per heavy atom. The number of anilines is 1. The van der Waals surface area contributed by atoms with Gasteiger partial charge in [0.15, 0.2) is 0 Å². The first-order valence-electron chi connectivity index (χ1n) is 8.08. The Hall–Kier alpha value is -1.88. The number of nitrogens with zero attached hydrogens (tertiary/aromatic N) is 1. The van der Waals surface area contributed by atoms with Crippen molar-refractivity contribution in [3.63, 3.8) is 0 Å². The van der Waals surface area contributed by atoms with Gasteiger partial charge in [0.05, 0.1) is 6.10 Å². The van der Waals surface area contributed by atoms with Crippen LogP contribution in [0, 0.1) is 5.92 Å². The van der Waals surface area contributed by atoms with Gasteiger partial charge in [-0.1, -0.05) is 39.0 Å². The molecule has 2 rings (SSSR count). The van der Waals surface area contributed by atoms with Gasteiger partial charge < -0.3 is 15.3 Å². The highest BCUT2D eigenvalue weighted by Crippen LogP contribution is 2.29. The van der Waals surface area contributed by atoms with Gasteiger partial charge in [0, 0.05) is 24.7 Å². The van der Waals surface area contributed by atoms with Crippen molar-refractivity contribution >= 4 is 17.5 Å². The standard InChI is InChI=1S/C18H26N2O3/c1-12(21)13-9-10-20(11-13)17(23)16(22)19-15-8-6-5-7-14(15)18(2,3)4/h5-8,12-13,21H,9-11H2,1-4H3,(H,19,22).